The van der Waals surface area contributed by atoms with Crippen LogP contribution in [0.15, 0.2) is 59.7 Å². The average Bonchev–Trinajstić information content (AvgIpc) is 3.49. The molecule has 2 atom stereocenters. The molecule has 0 radical (unpaired) electrons. The number of allylic oxidation sites excluding steroid dienone is 2. The van der Waals surface area contributed by atoms with Crippen LogP contribution in [0.5, 0.6) is 0 Å². The van der Waals surface area contributed by atoms with E-state index < -0.39 is 20.3 Å². The van der Waals surface area contributed by atoms with Gasteiger partial charge >= 0.3 is 279 Å². The molecule has 2 unspecified atom stereocenters. The van der Waals surface area contributed by atoms with Gasteiger partial charge in [-0.15, -0.1) is 0 Å². The van der Waals surface area contributed by atoms with E-state index in [0.717, 1.165) is 12.8 Å². The molecule has 0 amide bonds. The third kappa shape index (κ3) is 5.81. The minimum Gasteiger partial charge on any atom is -1.00 e. The van der Waals surface area contributed by atoms with Crippen LogP contribution >= 0.6 is 0 Å². The summed E-state index contributed by atoms with van der Waals surface area (Å²) in [6.07, 6.45) is 7.68. The quantitative estimate of drug-likeness (QED) is 0.202. The second-order valence-electron chi connectivity index (χ2n) is 14.9. The second-order valence-corrected chi connectivity index (χ2v) is 26.3. The summed E-state index contributed by atoms with van der Waals surface area (Å²) >= 11 is -2.82. The molecule has 1 aliphatic heterocycles. The first kappa shape index (κ1) is 36.1. The summed E-state index contributed by atoms with van der Waals surface area (Å²) in [5.41, 5.74) is 27.1. The van der Waals surface area contributed by atoms with Crippen molar-refractivity contribution < 1.29 is 45.1 Å². The van der Waals surface area contributed by atoms with Crippen molar-refractivity contribution in [2.75, 3.05) is 0 Å². The van der Waals surface area contributed by atoms with Gasteiger partial charge in [0.15, 0.2) is 0 Å². The van der Waals surface area contributed by atoms with Crippen molar-refractivity contribution in [2.45, 2.75) is 97.6 Å². The van der Waals surface area contributed by atoms with E-state index in [1.54, 1.807) is 33.4 Å². The van der Waals surface area contributed by atoms with Crippen molar-refractivity contribution in [1.82, 2.24) is 0 Å². The molecule has 1 fully saturated rings. The van der Waals surface area contributed by atoms with Crippen molar-refractivity contribution in [3.8, 4) is 22.3 Å². The molecule has 0 bridgehead atoms. The molecule has 0 aromatic heterocycles. The van der Waals surface area contributed by atoms with Gasteiger partial charge in [-0.05, 0) is 0 Å². The van der Waals surface area contributed by atoms with Crippen molar-refractivity contribution in [2.24, 2.45) is 0 Å². The van der Waals surface area contributed by atoms with E-state index in [9.17, 15) is 0 Å². The maximum absolute atomic E-state index is 2.82. The predicted octanol–water partition coefficient (Wildman–Crippen LogP) is 6.90. The molecule has 3 aliphatic rings. The van der Waals surface area contributed by atoms with Crippen molar-refractivity contribution in [1.29, 1.82) is 0 Å². The molecular formula is C44H50Cl2Zr. The van der Waals surface area contributed by atoms with E-state index in [1.165, 1.54) is 75.0 Å². The summed E-state index contributed by atoms with van der Waals surface area (Å²) in [4.78, 5) is 0. The number of rotatable bonds is 6. The van der Waals surface area contributed by atoms with Crippen LogP contribution in [0.4, 0.5) is 0 Å². The molecule has 0 N–H and O–H groups in total. The number of hydrogen-bond acceptors (Lipinski definition) is 0. The van der Waals surface area contributed by atoms with E-state index in [2.05, 4.69) is 130 Å². The van der Waals surface area contributed by atoms with E-state index in [0.29, 0.717) is 7.25 Å². The monoisotopic (exact) mass is 738 g/mol. The Kier molecular flexibility index (Phi) is 10.2. The average molecular weight is 741 g/mol. The Hall–Kier alpha value is -2.18. The smallest absolute Gasteiger partial charge is 1.00 e. The maximum atomic E-state index is 2.68. The van der Waals surface area contributed by atoms with Crippen LogP contribution in [0.25, 0.3) is 34.4 Å². The summed E-state index contributed by atoms with van der Waals surface area (Å²) in [6.45, 7) is 23.4. The third-order valence-corrected chi connectivity index (χ3v) is 24.4. The maximum Gasteiger partial charge on any atom is -1.00 e. The van der Waals surface area contributed by atoms with Gasteiger partial charge < -0.3 is 24.8 Å². The molecule has 0 saturated carbocycles. The molecule has 2 aliphatic carbocycles. The predicted molar refractivity (Wildman–Crippen MR) is 193 cm³/mol. The van der Waals surface area contributed by atoms with E-state index in [1.807, 2.05) is 0 Å². The summed E-state index contributed by atoms with van der Waals surface area (Å²) < 4.78 is 4.38. The van der Waals surface area contributed by atoms with E-state index >= 15 is 0 Å². The molecule has 7 rings (SSSR count). The van der Waals surface area contributed by atoms with Crippen molar-refractivity contribution in [3.05, 3.63) is 126 Å². The Balaban J connectivity index is 0.00000217. The van der Waals surface area contributed by atoms with Gasteiger partial charge in [-0.3, -0.25) is 0 Å². The van der Waals surface area contributed by atoms with Gasteiger partial charge in [0.05, 0.1) is 0 Å². The SMILES string of the molecule is CCC1=Cc2c(-c3cc(C)cc(C)c3)c(C)cc(C)c2[CH]1[Zr+2]1([CH]2C(CC)=Cc3c(-c4cc(C)cc(C)c4)c(C)cc(C)c32)[CH2][CH2]1.[Cl-].[Cl-]. The van der Waals surface area contributed by atoms with Gasteiger partial charge in [0.1, 0.15) is 0 Å². The molecular weight excluding hydrogens is 691 g/mol. The summed E-state index contributed by atoms with van der Waals surface area (Å²) in [6, 6.07) is 19.3. The first-order valence-corrected chi connectivity index (χ1v) is 23.6. The topological polar surface area (TPSA) is 0 Å². The van der Waals surface area contributed by atoms with Crippen LogP contribution in [-0.4, -0.2) is 0 Å². The zero-order valence-corrected chi connectivity index (χ0v) is 34.0. The Labute approximate surface area is 301 Å². The molecule has 0 spiro atoms. The molecule has 1 saturated heterocycles. The van der Waals surface area contributed by atoms with Gasteiger partial charge in [-0.2, -0.15) is 0 Å². The molecule has 3 heteroatoms. The van der Waals surface area contributed by atoms with Crippen molar-refractivity contribution in [3.63, 3.8) is 0 Å². The molecule has 47 heavy (non-hydrogen) atoms. The number of halogens is 2. The zero-order chi connectivity index (χ0) is 31.9. The van der Waals surface area contributed by atoms with E-state index in [-0.39, 0.29) is 24.8 Å². The van der Waals surface area contributed by atoms with Crippen LogP contribution in [-0.2, 0) is 20.3 Å². The summed E-state index contributed by atoms with van der Waals surface area (Å²) in [5, 5.41) is 0. The first-order valence-electron chi connectivity index (χ1n) is 17.3. The minimum atomic E-state index is -2.82. The minimum absolute atomic E-state index is 0. The van der Waals surface area contributed by atoms with Gasteiger partial charge in [0.25, 0.3) is 0 Å². The first-order chi connectivity index (χ1) is 21.5. The fourth-order valence-electron chi connectivity index (χ4n) is 9.86. The van der Waals surface area contributed by atoms with Crippen LogP contribution < -0.4 is 24.8 Å². The number of fused-ring (bicyclic) bond motifs is 2. The number of aryl methyl sites for hydroxylation is 8. The Morgan fingerprint density at radius 1 is 0.489 bits per heavy atom. The van der Waals surface area contributed by atoms with Crippen molar-refractivity contribution >= 4 is 12.2 Å². The molecule has 1 heterocycles. The number of benzene rings is 4. The van der Waals surface area contributed by atoms with Crippen LogP contribution in [0, 0.1) is 55.4 Å². The molecule has 0 nitrogen and oxygen atoms in total. The second kappa shape index (κ2) is 13.3. The van der Waals surface area contributed by atoms with Crippen LogP contribution in [0.1, 0.15) is 101 Å². The van der Waals surface area contributed by atoms with Crippen LogP contribution in [0.2, 0.25) is 8.26 Å². The molecule has 4 aromatic rings. The van der Waals surface area contributed by atoms with Gasteiger partial charge in [0, 0.05) is 0 Å². The van der Waals surface area contributed by atoms with Gasteiger partial charge in [-0.25, -0.2) is 0 Å². The Bertz CT molecular complexity index is 1790. The number of hydrogen-bond donors (Lipinski definition) is 0. The fourth-order valence-corrected chi connectivity index (χ4v) is 28.2. The Morgan fingerprint density at radius 2 is 0.830 bits per heavy atom. The Morgan fingerprint density at radius 3 is 1.13 bits per heavy atom. The largest absolute Gasteiger partial charge is 1.00 e. The zero-order valence-electron chi connectivity index (χ0n) is 30.0. The normalized spacial score (nSPS) is 17.8. The summed E-state index contributed by atoms with van der Waals surface area (Å²) in [7, 11) is 0. The summed E-state index contributed by atoms with van der Waals surface area (Å²) in [5.74, 6) is 0. The standard InChI is InChI=1S/2C21H23.C2H4.2ClH.Zr/c2*1-6-17-11-19-15(4)10-16(5)21(20(19)12-17)18-8-13(2)7-14(3)9-18;1-2;;;/h2*7-12H,6H2,1-5H3;1-2H2;2*1H;/q;;;;;+2/p-2. The van der Waals surface area contributed by atoms with Crippen LogP contribution in [0.3, 0.4) is 0 Å². The third-order valence-electron chi connectivity index (χ3n) is 11.4. The molecule has 4 aromatic carbocycles. The van der Waals surface area contributed by atoms with Gasteiger partial charge in [0.2, 0.25) is 0 Å². The fraction of sp³-hybridized carbons (Fsp3) is 0.364. The molecule has 244 valence electrons. The van der Waals surface area contributed by atoms with Gasteiger partial charge in [-0.1, -0.05) is 0 Å². The van der Waals surface area contributed by atoms with E-state index in [4.69, 9.17) is 0 Å².